The van der Waals surface area contributed by atoms with Crippen LogP contribution < -0.4 is 10.6 Å². The lowest BCUT2D eigenvalue weighted by molar-refractivity contribution is -0.143. The molecular weight excluding hydrogens is 534 g/mol. The molecule has 0 aliphatic heterocycles. The predicted molar refractivity (Wildman–Crippen MR) is 160 cm³/mol. The molecule has 4 rings (SSSR count). The SMILES string of the molecule is C#C[C@@]1(O)CC[C@@H]2[C@@H]3CCC4=C/C(=N\OCC(=O)N[C@H](C(=O)N[C@H](C(=O)O)C(C)C)C(C)C)CC[C@]4(C)[C@@H]3CC[C@@]21C. The van der Waals surface area contributed by atoms with E-state index in [0.29, 0.717) is 24.2 Å². The lowest BCUT2D eigenvalue weighted by Crippen LogP contribution is -2.55. The highest BCUT2D eigenvalue weighted by Crippen LogP contribution is 2.67. The number of carboxylic acid groups (broad SMARTS) is 1. The van der Waals surface area contributed by atoms with Crippen LogP contribution in [0, 0.1) is 52.8 Å². The smallest absolute Gasteiger partial charge is 0.326 e. The molecule has 0 unspecified atom stereocenters. The molecule has 3 saturated carbocycles. The maximum absolute atomic E-state index is 12.8. The van der Waals surface area contributed by atoms with Crippen LogP contribution in [-0.4, -0.2) is 58.0 Å². The largest absolute Gasteiger partial charge is 0.480 e. The van der Waals surface area contributed by atoms with E-state index in [1.54, 1.807) is 27.7 Å². The zero-order chi connectivity index (χ0) is 31.0. The summed E-state index contributed by atoms with van der Waals surface area (Å²) in [6.45, 7) is 11.3. The zero-order valence-electron chi connectivity index (χ0n) is 26.0. The van der Waals surface area contributed by atoms with Crippen LogP contribution in [0.15, 0.2) is 16.8 Å². The topological polar surface area (TPSA) is 137 Å². The number of oxime groups is 1. The van der Waals surface area contributed by atoms with Gasteiger partial charge in [0.15, 0.2) is 6.61 Å². The van der Waals surface area contributed by atoms with Gasteiger partial charge in [-0.15, -0.1) is 6.42 Å². The van der Waals surface area contributed by atoms with Crippen LogP contribution in [0.25, 0.3) is 0 Å². The molecule has 0 saturated heterocycles. The summed E-state index contributed by atoms with van der Waals surface area (Å²) in [6.07, 6.45) is 15.5. The van der Waals surface area contributed by atoms with Gasteiger partial charge >= 0.3 is 5.97 Å². The molecule has 0 bridgehead atoms. The highest BCUT2D eigenvalue weighted by atomic mass is 16.6. The fourth-order valence-corrected chi connectivity index (χ4v) is 8.58. The van der Waals surface area contributed by atoms with E-state index in [0.717, 1.165) is 50.7 Å². The summed E-state index contributed by atoms with van der Waals surface area (Å²) in [5.74, 6) is 1.62. The Morgan fingerprint density at radius 2 is 1.69 bits per heavy atom. The van der Waals surface area contributed by atoms with Gasteiger partial charge in [-0.3, -0.25) is 9.59 Å². The number of rotatable bonds is 9. The fourth-order valence-electron chi connectivity index (χ4n) is 8.58. The number of nitrogens with zero attached hydrogens (tertiary/aromatic N) is 1. The molecule has 42 heavy (non-hydrogen) atoms. The van der Waals surface area contributed by atoms with E-state index in [9.17, 15) is 24.6 Å². The Kier molecular flexibility index (Phi) is 9.18. The predicted octanol–water partition coefficient (Wildman–Crippen LogP) is 4.05. The third-order valence-corrected chi connectivity index (χ3v) is 11.2. The fraction of sp³-hybridized carbons (Fsp3) is 0.758. The quantitative estimate of drug-likeness (QED) is 0.239. The third-order valence-electron chi connectivity index (χ3n) is 11.2. The Hall–Kier alpha value is -2.86. The molecule has 8 atom stereocenters. The van der Waals surface area contributed by atoms with Crippen molar-refractivity contribution in [3.63, 3.8) is 0 Å². The van der Waals surface area contributed by atoms with Crippen molar-refractivity contribution in [1.29, 1.82) is 0 Å². The summed E-state index contributed by atoms with van der Waals surface area (Å²) in [6, 6.07) is -1.93. The molecule has 0 aromatic carbocycles. The van der Waals surface area contributed by atoms with Gasteiger partial charge in [0, 0.05) is 5.41 Å². The molecule has 2 amide bonds. The molecular formula is C33H49N3O6. The highest BCUT2D eigenvalue weighted by molar-refractivity contribution is 5.96. The van der Waals surface area contributed by atoms with Gasteiger partial charge in [0.2, 0.25) is 5.91 Å². The number of terminal acetylenes is 1. The number of carbonyl (C=O) groups excluding carboxylic acids is 2. The average Bonchev–Trinajstić information content (AvgIpc) is 3.20. The molecule has 4 aliphatic carbocycles. The van der Waals surface area contributed by atoms with Crippen molar-refractivity contribution in [1.82, 2.24) is 10.6 Å². The first kappa shape index (κ1) is 32.1. The van der Waals surface area contributed by atoms with Crippen molar-refractivity contribution in [2.24, 2.45) is 45.6 Å². The van der Waals surface area contributed by atoms with E-state index >= 15 is 0 Å². The Labute approximate surface area is 250 Å². The van der Waals surface area contributed by atoms with E-state index in [1.807, 2.05) is 0 Å². The van der Waals surface area contributed by atoms with Crippen molar-refractivity contribution in [3.05, 3.63) is 11.6 Å². The number of allylic oxidation sites excluding steroid dienone is 2. The van der Waals surface area contributed by atoms with Crippen LogP contribution in [-0.2, 0) is 19.2 Å². The number of aliphatic hydroxyl groups is 1. The normalized spacial score (nSPS) is 36.1. The lowest BCUT2D eigenvalue weighted by atomic mass is 9.46. The Morgan fingerprint density at radius 3 is 2.31 bits per heavy atom. The van der Waals surface area contributed by atoms with Crippen LogP contribution >= 0.6 is 0 Å². The molecule has 232 valence electrons. The van der Waals surface area contributed by atoms with Crippen molar-refractivity contribution in [2.45, 2.75) is 111 Å². The molecule has 0 radical (unpaired) electrons. The molecule has 0 heterocycles. The maximum atomic E-state index is 12.8. The first-order valence-corrected chi connectivity index (χ1v) is 15.6. The third kappa shape index (κ3) is 5.71. The monoisotopic (exact) mass is 583 g/mol. The number of hydrogen-bond acceptors (Lipinski definition) is 6. The minimum absolute atomic E-state index is 0.0825. The number of hydrogen-bond donors (Lipinski definition) is 4. The van der Waals surface area contributed by atoms with E-state index < -0.39 is 35.5 Å². The van der Waals surface area contributed by atoms with Gasteiger partial charge in [0.05, 0.1) is 5.71 Å². The lowest BCUT2D eigenvalue weighted by Gasteiger charge is -2.58. The van der Waals surface area contributed by atoms with Crippen molar-refractivity contribution < 1.29 is 29.4 Å². The summed E-state index contributed by atoms with van der Waals surface area (Å²) in [5, 5.41) is 30.1. The molecule has 9 heteroatoms. The number of fused-ring (bicyclic) bond motifs is 5. The summed E-state index contributed by atoms with van der Waals surface area (Å²) >= 11 is 0. The van der Waals surface area contributed by atoms with E-state index in [4.69, 9.17) is 11.3 Å². The van der Waals surface area contributed by atoms with Gasteiger partial charge in [0.1, 0.15) is 17.7 Å². The van der Waals surface area contributed by atoms with Crippen LogP contribution in [0.5, 0.6) is 0 Å². The molecule has 0 aromatic heterocycles. The van der Waals surface area contributed by atoms with Crippen LogP contribution in [0.2, 0.25) is 0 Å². The molecule has 0 aromatic rings. The standard InChI is InChI=1S/C33H49N3O6/c1-8-33(41)16-13-25-23-10-9-21-17-22(11-14-31(21,6)24(23)12-15-32(25,33)7)36-42-18-26(37)34-27(19(2)3)29(38)35-28(20(4)5)30(39)40/h1,17,19-20,23-25,27-28,41H,9-16,18H2,2-7H3,(H,34,37)(H,35,38)(H,39,40)/b36-22-/t23-,24-,25-,27+,28+,31+,32+,33-/m1/s1. The Bertz CT molecular complexity index is 1190. The first-order chi connectivity index (χ1) is 19.7. The van der Waals surface area contributed by atoms with Gasteiger partial charge in [-0.25, -0.2) is 4.79 Å². The number of amides is 2. The molecule has 9 nitrogen and oxygen atoms in total. The van der Waals surface area contributed by atoms with Gasteiger partial charge < -0.3 is 25.7 Å². The number of aliphatic carboxylic acids is 1. The van der Waals surface area contributed by atoms with Crippen molar-refractivity contribution >= 4 is 23.5 Å². The van der Waals surface area contributed by atoms with Gasteiger partial charge in [-0.05, 0) is 92.4 Å². The molecule has 4 aliphatic rings. The van der Waals surface area contributed by atoms with Crippen molar-refractivity contribution in [3.8, 4) is 12.3 Å². The van der Waals surface area contributed by atoms with Crippen molar-refractivity contribution in [2.75, 3.05) is 6.61 Å². The van der Waals surface area contributed by atoms with Gasteiger partial charge in [-0.1, -0.05) is 58.2 Å². The van der Waals surface area contributed by atoms with Crippen LogP contribution in [0.1, 0.15) is 92.9 Å². The van der Waals surface area contributed by atoms with Gasteiger partial charge in [-0.2, -0.15) is 0 Å². The second-order valence-corrected chi connectivity index (χ2v) is 14.2. The number of carbonyl (C=O) groups is 3. The highest BCUT2D eigenvalue weighted by Gasteiger charge is 2.63. The Morgan fingerprint density at radius 1 is 1.02 bits per heavy atom. The second kappa shape index (κ2) is 12.0. The molecule has 0 spiro atoms. The second-order valence-electron chi connectivity index (χ2n) is 14.2. The molecule has 4 N–H and O–H groups in total. The number of nitrogens with one attached hydrogen (secondary N) is 2. The van der Waals surface area contributed by atoms with E-state index in [2.05, 4.69) is 41.6 Å². The molecule has 3 fully saturated rings. The summed E-state index contributed by atoms with van der Waals surface area (Å²) in [7, 11) is 0. The maximum Gasteiger partial charge on any atom is 0.326 e. The summed E-state index contributed by atoms with van der Waals surface area (Å²) in [5.41, 5.74) is 1.09. The van der Waals surface area contributed by atoms with Crippen LogP contribution in [0.3, 0.4) is 0 Å². The zero-order valence-corrected chi connectivity index (χ0v) is 26.0. The Balaban J connectivity index is 1.36. The van der Waals surface area contributed by atoms with Crippen LogP contribution in [0.4, 0.5) is 0 Å². The summed E-state index contributed by atoms with van der Waals surface area (Å²) in [4.78, 5) is 42.3. The minimum atomic E-state index is -1.12. The summed E-state index contributed by atoms with van der Waals surface area (Å²) < 4.78 is 0. The number of carboxylic acids is 1. The van der Waals surface area contributed by atoms with E-state index in [1.165, 1.54) is 5.57 Å². The minimum Gasteiger partial charge on any atom is -0.480 e. The van der Waals surface area contributed by atoms with Gasteiger partial charge in [0.25, 0.3) is 5.91 Å². The average molecular weight is 584 g/mol. The van der Waals surface area contributed by atoms with E-state index in [-0.39, 0.29) is 29.3 Å². The first-order valence-electron chi connectivity index (χ1n) is 15.6.